The summed E-state index contributed by atoms with van der Waals surface area (Å²) in [5.41, 5.74) is 6.42. The van der Waals surface area contributed by atoms with E-state index < -0.39 is 17.5 Å². The van der Waals surface area contributed by atoms with Crippen LogP contribution in [-0.2, 0) is 0 Å². The van der Waals surface area contributed by atoms with Crippen molar-refractivity contribution < 1.29 is 17.7 Å². The summed E-state index contributed by atoms with van der Waals surface area (Å²) in [6.45, 7) is 0. The second-order valence-electron chi connectivity index (χ2n) is 5.26. The SMILES string of the molecule is Nc1c(-c2nc(-c3ccc(F)cc3)no2)nnn1-c1ccc(F)cc1F. The molecule has 4 rings (SSSR count). The minimum atomic E-state index is -0.856. The molecule has 2 N–H and O–H groups in total. The maximum atomic E-state index is 13.9. The van der Waals surface area contributed by atoms with Gasteiger partial charge < -0.3 is 10.3 Å². The van der Waals surface area contributed by atoms with Crippen molar-refractivity contribution in [1.82, 2.24) is 25.1 Å². The van der Waals surface area contributed by atoms with Crippen LogP contribution in [0, 0.1) is 17.5 Å². The highest BCUT2D eigenvalue weighted by Gasteiger charge is 2.21. The summed E-state index contributed by atoms with van der Waals surface area (Å²) in [5.74, 6) is -1.90. The molecule has 4 aromatic rings. The quantitative estimate of drug-likeness (QED) is 0.605. The number of rotatable bonds is 3. The van der Waals surface area contributed by atoms with Gasteiger partial charge in [0.15, 0.2) is 17.3 Å². The first kappa shape index (κ1) is 15.8. The summed E-state index contributed by atoms with van der Waals surface area (Å²) < 4.78 is 46.1. The molecule has 0 saturated heterocycles. The zero-order chi connectivity index (χ0) is 18.3. The monoisotopic (exact) mass is 358 g/mol. The van der Waals surface area contributed by atoms with Gasteiger partial charge in [-0.3, -0.25) is 0 Å². The van der Waals surface area contributed by atoms with Crippen LogP contribution >= 0.6 is 0 Å². The second kappa shape index (κ2) is 5.99. The Labute approximate surface area is 143 Å². The lowest BCUT2D eigenvalue weighted by Gasteiger charge is -2.04. The summed E-state index contributed by atoms with van der Waals surface area (Å²) in [4.78, 5) is 4.13. The smallest absolute Gasteiger partial charge is 0.282 e. The summed E-state index contributed by atoms with van der Waals surface area (Å²) in [5, 5.41) is 11.3. The molecule has 0 amide bonds. The predicted octanol–water partition coefficient (Wildman–Crippen LogP) is 2.98. The van der Waals surface area contributed by atoms with Crippen LogP contribution in [0.15, 0.2) is 47.0 Å². The van der Waals surface area contributed by atoms with Crippen molar-refractivity contribution in [2.24, 2.45) is 0 Å². The summed E-state index contributed by atoms with van der Waals surface area (Å²) in [7, 11) is 0. The summed E-state index contributed by atoms with van der Waals surface area (Å²) in [6.07, 6.45) is 0. The molecule has 26 heavy (non-hydrogen) atoms. The lowest BCUT2D eigenvalue weighted by molar-refractivity contribution is 0.431. The fourth-order valence-electron chi connectivity index (χ4n) is 2.31. The largest absolute Gasteiger partial charge is 0.382 e. The number of nitrogens with two attached hydrogens (primary N) is 1. The summed E-state index contributed by atoms with van der Waals surface area (Å²) in [6, 6.07) is 8.43. The lowest BCUT2D eigenvalue weighted by Crippen LogP contribution is -2.05. The number of aromatic nitrogens is 5. The van der Waals surface area contributed by atoms with Crippen LogP contribution in [0.25, 0.3) is 28.7 Å². The molecule has 0 radical (unpaired) electrons. The molecule has 0 atom stereocenters. The van der Waals surface area contributed by atoms with Crippen molar-refractivity contribution >= 4 is 5.82 Å². The van der Waals surface area contributed by atoms with E-state index in [0.29, 0.717) is 11.6 Å². The topological polar surface area (TPSA) is 95.7 Å². The molecule has 2 aromatic carbocycles. The fraction of sp³-hybridized carbons (Fsp3) is 0. The molecule has 0 aliphatic rings. The standard InChI is InChI=1S/C16H9F3N6O/c17-9-3-1-8(2-4-9)15-21-16(26-23-15)13-14(20)25(24-22-13)12-6-5-10(18)7-11(12)19/h1-7H,20H2. The Morgan fingerprint density at radius 3 is 2.42 bits per heavy atom. The molecular formula is C16H9F3N6O. The third kappa shape index (κ3) is 2.66. The molecule has 0 aliphatic carbocycles. The Balaban J connectivity index is 1.72. The average molecular weight is 358 g/mol. The maximum absolute atomic E-state index is 13.9. The van der Waals surface area contributed by atoms with E-state index in [2.05, 4.69) is 20.5 Å². The number of anilines is 1. The van der Waals surface area contributed by atoms with E-state index in [-0.39, 0.29) is 28.9 Å². The van der Waals surface area contributed by atoms with Gasteiger partial charge in [0, 0.05) is 11.6 Å². The highest BCUT2D eigenvalue weighted by molar-refractivity contribution is 5.66. The van der Waals surface area contributed by atoms with E-state index in [1.165, 1.54) is 30.3 Å². The predicted molar refractivity (Wildman–Crippen MR) is 84.4 cm³/mol. The third-order valence-electron chi connectivity index (χ3n) is 3.57. The first-order chi connectivity index (χ1) is 12.5. The number of benzene rings is 2. The van der Waals surface area contributed by atoms with Gasteiger partial charge in [0.05, 0.1) is 0 Å². The molecule has 130 valence electrons. The zero-order valence-corrected chi connectivity index (χ0v) is 12.9. The second-order valence-corrected chi connectivity index (χ2v) is 5.26. The van der Waals surface area contributed by atoms with Crippen LogP contribution in [0.5, 0.6) is 0 Å². The summed E-state index contributed by atoms with van der Waals surface area (Å²) >= 11 is 0. The molecule has 2 aromatic heterocycles. The molecular weight excluding hydrogens is 349 g/mol. The van der Waals surface area contributed by atoms with Gasteiger partial charge in [-0.2, -0.15) is 9.67 Å². The Kier molecular flexibility index (Phi) is 3.64. The van der Waals surface area contributed by atoms with Gasteiger partial charge in [0.25, 0.3) is 5.89 Å². The molecule has 2 heterocycles. The lowest BCUT2D eigenvalue weighted by atomic mass is 10.2. The Bertz CT molecular complexity index is 1090. The van der Waals surface area contributed by atoms with Gasteiger partial charge in [-0.05, 0) is 36.4 Å². The Morgan fingerprint density at radius 2 is 1.69 bits per heavy atom. The molecule has 0 aliphatic heterocycles. The number of halogens is 3. The van der Waals surface area contributed by atoms with Crippen LogP contribution in [0.1, 0.15) is 0 Å². The van der Waals surface area contributed by atoms with E-state index in [0.717, 1.165) is 10.7 Å². The minimum absolute atomic E-state index is 0.0367. The van der Waals surface area contributed by atoms with Crippen molar-refractivity contribution in [3.05, 3.63) is 59.9 Å². The van der Waals surface area contributed by atoms with E-state index in [9.17, 15) is 13.2 Å². The first-order valence-corrected chi connectivity index (χ1v) is 7.29. The Hall–Kier alpha value is -3.69. The van der Waals surface area contributed by atoms with Crippen LogP contribution in [0.4, 0.5) is 19.0 Å². The zero-order valence-electron chi connectivity index (χ0n) is 12.9. The molecule has 10 heteroatoms. The van der Waals surface area contributed by atoms with Gasteiger partial charge in [0.2, 0.25) is 5.82 Å². The van der Waals surface area contributed by atoms with Gasteiger partial charge in [-0.1, -0.05) is 10.4 Å². The number of hydrogen-bond acceptors (Lipinski definition) is 6. The van der Waals surface area contributed by atoms with Crippen molar-refractivity contribution in [3.8, 4) is 28.7 Å². The van der Waals surface area contributed by atoms with Crippen molar-refractivity contribution in [2.75, 3.05) is 5.73 Å². The van der Waals surface area contributed by atoms with E-state index in [4.69, 9.17) is 10.3 Å². The first-order valence-electron chi connectivity index (χ1n) is 7.29. The van der Waals surface area contributed by atoms with Crippen molar-refractivity contribution in [3.63, 3.8) is 0 Å². The van der Waals surface area contributed by atoms with Gasteiger partial charge in [-0.25, -0.2) is 13.2 Å². The maximum Gasteiger partial charge on any atom is 0.282 e. The van der Waals surface area contributed by atoms with Gasteiger partial charge >= 0.3 is 0 Å². The number of nitrogens with zero attached hydrogens (tertiary/aromatic N) is 5. The number of nitrogen functional groups attached to an aromatic ring is 1. The fourth-order valence-corrected chi connectivity index (χ4v) is 2.31. The van der Waals surface area contributed by atoms with E-state index in [1.807, 2.05) is 0 Å². The van der Waals surface area contributed by atoms with Crippen LogP contribution in [0.3, 0.4) is 0 Å². The van der Waals surface area contributed by atoms with Gasteiger partial charge in [-0.15, -0.1) is 5.10 Å². The molecule has 0 unspecified atom stereocenters. The van der Waals surface area contributed by atoms with Crippen LogP contribution < -0.4 is 5.73 Å². The number of hydrogen-bond donors (Lipinski definition) is 1. The minimum Gasteiger partial charge on any atom is -0.382 e. The average Bonchev–Trinajstić information content (AvgIpc) is 3.23. The molecule has 7 nitrogen and oxygen atoms in total. The van der Waals surface area contributed by atoms with Crippen LogP contribution in [0.2, 0.25) is 0 Å². The normalized spacial score (nSPS) is 11.0. The molecule has 0 saturated carbocycles. The molecule has 0 bridgehead atoms. The molecule has 0 fully saturated rings. The van der Waals surface area contributed by atoms with E-state index in [1.54, 1.807) is 0 Å². The van der Waals surface area contributed by atoms with Gasteiger partial charge in [0.1, 0.15) is 17.3 Å². The highest BCUT2D eigenvalue weighted by atomic mass is 19.1. The molecule has 0 spiro atoms. The van der Waals surface area contributed by atoms with Crippen molar-refractivity contribution in [2.45, 2.75) is 0 Å². The van der Waals surface area contributed by atoms with E-state index >= 15 is 0 Å². The highest BCUT2D eigenvalue weighted by Crippen LogP contribution is 2.27. The van der Waals surface area contributed by atoms with Crippen LogP contribution in [-0.4, -0.2) is 25.1 Å². The Morgan fingerprint density at radius 1 is 0.962 bits per heavy atom. The third-order valence-corrected chi connectivity index (χ3v) is 3.57. The van der Waals surface area contributed by atoms with Crippen molar-refractivity contribution in [1.29, 1.82) is 0 Å².